The van der Waals surface area contributed by atoms with E-state index in [0.717, 1.165) is 5.56 Å². The standard InChI is InChI=1S/C25H22ClNO6/c1-4-32-19(28)12-33-18-10-9-14(11-17(18)26)21-20(25(30)31-3)13(2)27-23-15-7-5-6-8-16(15)24(29)22(21)23/h5-11,21,27H,4,12H2,1-3H3/t21-/m0/s1. The zero-order valence-corrected chi connectivity index (χ0v) is 19.1. The Morgan fingerprint density at radius 3 is 2.52 bits per heavy atom. The van der Waals surface area contributed by atoms with Crippen molar-refractivity contribution in [1.29, 1.82) is 0 Å². The maximum absolute atomic E-state index is 13.4. The minimum atomic E-state index is -0.690. The molecule has 1 heterocycles. The van der Waals surface area contributed by atoms with E-state index in [9.17, 15) is 14.4 Å². The molecule has 8 heteroatoms. The number of halogens is 1. The van der Waals surface area contributed by atoms with Gasteiger partial charge in [-0.25, -0.2) is 9.59 Å². The average molecular weight is 468 g/mol. The lowest BCUT2D eigenvalue weighted by Gasteiger charge is -2.29. The van der Waals surface area contributed by atoms with E-state index in [0.29, 0.717) is 33.7 Å². The van der Waals surface area contributed by atoms with Crippen molar-refractivity contribution in [3.8, 4) is 5.75 Å². The summed E-state index contributed by atoms with van der Waals surface area (Å²) in [4.78, 5) is 37.7. The Bertz CT molecular complexity index is 1230. The minimum Gasteiger partial charge on any atom is -0.480 e. The fraction of sp³-hybridized carbons (Fsp3) is 0.240. The zero-order chi connectivity index (χ0) is 23.7. The molecule has 170 valence electrons. The van der Waals surface area contributed by atoms with Crippen LogP contribution >= 0.6 is 11.6 Å². The van der Waals surface area contributed by atoms with Gasteiger partial charge in [0, 0.05) is 28.3 Å². The van der Waals surface area contributed by atoms with Gasteiger partial charge in [0.25, 0.3) is 0 Å². The molecule has 0 unspecified atom stereocenters. The molecule has 1 N–H and O–H groups in total. The van der Waals surface area contributed by atoms with Crippen LogP contribution in [0.25, 0.3) is 5.70 Å². The number of esters is 2. The molecule has 0 saturated heterocycles. The molecule has 2 aromatic carbocycles. The highest BCUT2D eigenvalue weighted by atomic mass is 35.5. The molecule has 0 amide bonds. The molecular formula is C25H22ClNO6. The quantitative estimate of drug-likeness (QED) is 0.641. The Kier molecular flexibility index (Phi) is 6.24. The van der Waals surface area contributed by atoms with Crippen LogP contribution in [0.3, 0.4) is 0 Å². The van der Waals surface area contributed by atoms with Crippen LogP contribution in [0.4, 0.5) is 0 Å². The van der Waals surface area contributed by atoms with Crippen molar-refractivity contribution in [3.05, 3.63) is 81.0 Å². The Labute approximate surface area is 196 Å². The number of hydrogen-bond donors (Lipinski definition) is 1. The molecular weight excluding hydrogens is 446 g/mol. The third-order valence-corrected chi connectivity index (χ3v) is 5.89. The smallest absolute Gasteiger partial charge is 0.344 e. The number of carbonyl (C=O) groups is 3. The van der Waals surface area contributed by atoms with Crippen molar-refractivity contribution < 1.29 is 28.6 Å². The molecule has 7 nitrogen and oxygen atoms in total. The number of fused-ring (bicyclic) bond motifs is 2. The van der Waals surface area contributed by atoms with E-state index in [1.807, 2.05) is 12.1 Å². The van der Waals surface area contributed by atoms with Gasteiger partial charge >= 0.3 is 11.9 Å². The van der Waals surface area contributed by atoms with Crippen molar-refractivity contribution in [2.24, 2.45) is 0 Å². The number of carbonyl (C=O) groups excluding carboxylic acids is 3. The van der Waals surface area contributed by atoms with Crippen molar-refractivity contribution in [2.75, 3.05) is 20.3 Å². The SMILES string of the molecule is CCOC(=O)COc1ccc([C@H]2C(C(=O)OC)=C(C)NC3=C2C(=O)c2ccccc23)cc1Cl. The molecule has 1 atom stereocenters. The minimum absolute atomic E-state index is 0.161. The number of benzene rings is 2. The lowest BCUT2D eigenvalue weighted by molar-refractivity contribution is -0.145. The second-order valence-corrected chi connectivity index (χ2v) is 7.94. The summed E-state index contributed by atoms with van der Waals surface area (Å²) in [7, 11) is 1.30. The third kappa shape index (κ3) is 4.00. The van der Waals surface area contributed by atoms with E-state index in [1.54, 1.807) is 44.2 Å². The fourth-order valence-electron chi connectivity index (χ4n) is 4.20. The first-order valence-electron chi connectivity index (χ1n) is 10.4. The number of Topliss-reactive ketones (excluding diaryl/α,β-unsaturated/α-hetero) is 1. The molecule has 2 aromatic rings. The monoisotopic (exact) mass is 467 g/mol. The number of nitrogens with one attached hydrogen (secondary N) is 1. The largest absolute Gasteiger partial charge is 0.480 e. The molecule has 1 aliphatic heterocycles. The number of rotatable bonds is 6. The summed E-state index contributed by atoms with van der Waals surface area (Å²) >= 11 is 6.45. The molecule has 33 heavy (non-hydrogen) atoms. The first-order chi connectivity index (χ1) is 15.9. The van der Waals surface area contributed by atoms with Crippen molar-refractivity contribution in [1.82, 2.24) is 5.32 Å². The van der Waals surface area contributed by atoms with Gasteiger partial charge in [0.2, 0.25) is 0 Å². The van der Waals surface area contributed by atoms with E-state index in [2.05, 4.69) is 5.32 Å². The number of allylic oxidation sites excluding steroid dienone is 2. The lowest BCUT2D eigenvalue weighted by atomic mass is 9.80. The van der Waals surface area contributed by atoms with Crippen LogP contribution in [0.2, 0.25) is 5.02 Å². The van der Waals surface area contributed by atoms with Gasteiger partial charge in [-0.05, 0) is 31.5 Å². The first-order valence-corrected chi connectivity index (χ1v) is 10.8. The van der Waals surface area contributed by atoms with E-state index >= 15 is 0 Å². The van der Waals surface area contributed by atoms with Crippen LogP contribution in [0, 0.1) is 0 Å². The van der Waals surface area contributed by atoms with Gasteiger partial charge in [-0.1, -0.05) is 41.9 Å². The predicted octanol–water partition coefficient (Wildman–Crippen LogP) is 4.02. The third-order valence-electron chi connectivity index (χ3n) is 5.59. The molecule has 0 spiro atoms. The predicted molar refractivity (Wildman–Crippen MR) is 122 cm³/mol. The number of ketones is 1. The normalized spacial score (nSPS) is 16.7. The number of methoxy groups -OCH3 is 1. The fourth-order valence-corrected chi connectivity index (χ4v) is 4.44. The summed E-state index contributed by atoms with van der Waals surface area (Å²) in [5.41, 5.74) is 4.02. The van der Waals surface area contributed by atoms with Crippen LogP contribution < -0.4 is 10.1 Å². The zero-order valence-electron chi connectivity index (χ0n) is 18.4. The van der Waals surface area contributed by atoms with Crippen molar-refractivity contribution in [3.63, 3.8) is 0 Å². The van der Waals surface area contributed by atoms with Crippen LogP contribution in [-0.2, 0) is 19.1 Å². The van der Waals surface area contributed by atoms with Gasteiger partial charge in [0.15, 0.2) is 12.4 Å². The second-order valence-electron chi connectivity index (χ2n) is 7.54. The van der Waals surface area contributed by atoms with Gasteiger partial charge in [0.1, 0.15) is 5.75 Å². The van der Waals surface area contributed by atoms with Crippen molar-refractivity contribution in [2.45, 2.75) is 19.8 Å². The molecule has 0 fully saturated rings. The number of hydrogen-bond acceptors (Lipinski definition) is 7. The molecule has 0 saturated carbocycles. The van der Waals surface area contributed by atoms with Gasteiger partial charge in [-0.2, -0.15) is 0 Å². The maximum atomic E-state index is 13.4. The molecule has 1 aliphatic carbocycles. The average Bonchev–Trinajstić information content (AvgIpc) is 3.09. The number of ether oxygens (including phenoxy) is 3. The van der Waals surface area contributed by atoms with Gasteiger partial charge in [-0.3, -0.25) is 4.79 Å². The van der Waals surface area contributed by atoms with Crippen LogP contribution in [0.1, 0.15) is 41.3 Å². The first kappa shape index (κ1) is 22.6. The molecule has 0 radical (unpaired) electrons. The highest BCUT2D eigenvalue weighted by molar-refractivity contribution is 6.32. The molecule has 2 aliphatic rings. The van der Waals surface area contributed by atoms with E-state index in [4.69, 9.17) is 25.8 Å². The number of dihydropyridines is 1. The summed E-state index contributed by atoms with van der Waals surface area (Å²) in [6.45, 7) is 3.45. The lowest BCUT2D eigenvalue weighted by Crippen LogP contribution is -2.29. The maximum Gasteiger partial charge on any atom is 0.344 e. The topological polar surface area (TPSA) is 90.9 Å². The Morgan fingerprint density at radius 1 is 1.12 bits per heavy atom. The molecule has 0 aromatic heterocycles. The summed E-state index contributed by atoms with van der Waals surface area (Å²) in [5.74, 6) is -1.61. The summed E-state index contributed by atoms with van der Waals surface area (Å²) in [6, 6.07) is 12.3. The summed E-state index contributed by atoms with van der Waals surface area (Å²) in [5, 5.41) is 3.47. The Hall–Kier alpha value is -3.58. The van der Waals surface area contributed by atoms with Crippen molar-refractivity contribution >= 4 is 35.0 Å². The van der Waals surface area contributed by atoms with E-state index < -0.39 is 17.9 Å². The highest BCUT2D eigenvalue weighted by Gasteiger charge is 2.42. The van der Waals surface area contributed by atoms with Crippen LogP contribution in [0.5, 0.6) is 5.75 Å². The Morgan fingerprint density at radius 2 is 1.85 bits per heavy atom. The van der Waals surface area contributed by atoms with Crippen LogP contribution in [0.15, 0.2) is 59.3 Å². The van der Waals surface area contributed by atoms with E-state index in [-0.39, 0.29) is 29.8 Å². The van der Waals surface area contributed by atoms with Gasteiger partial charge < -0.3 is 19.5 Å². The van der Waals surface area contributed by atoms with Gasteiger partial charge in [-0.15, -0.1) is 0 Å². The summed E-state index contributed by atoms with van der Waals surface area (Å²) < 4.78 is 15.4. The van der Waals surface area contributed by atoms with Crippen LogP contribution in [-0.4, -0.2) is 38.0 Å². The Balaban J connectivity index is 1.77. The van der Waals surface area contributed by atoms with E-state index in [1.165, 1.54) is 7.11 Å². The molecule has 4 rings (SSSR count). The summed E-state index contributed by atoms with van der Waals surface area (Å²) in [6.07, 6.45) is 0. The highest BCUT2D eigenvalue weighted by Crippen LogP contribution is 2.47. The second kappa shape index (κ2) is 9.11. The van der Waals surface area contributed by atoms with Gasteiger partial charge in [0.05, 0.1) is 30.0 Å². The molecule has 0 bridgehead atoms.